The van der Waals surface area contributed by atoms with E-state index in [9.17, 15) is 14.3 Å². The van der Waals surface area contributed by atoms with Crippen molar-refractivity contribution in [1.29, 1.82) is 0 Å². The van der Waals surface area contributed by atoms with Gasteiger partial charge in [0.15, 0.2) is 0 Å². The molecule has 7 heteroatoms. The smallest absolute Gasteiger partial charge is 0.342 e. The highest BCUT2D eigenvalue weighted by molar-refractivity contribution is 5.26. The standard InChI is InChI=1S/C11H13FN4O2/c12-9-3-1-7(2-4-9)8(6-17)5-13-10-14-11(18)16-15-10/h1-4,8,17H,5-6H2,(H3,13,14,15,16,18). The Balaban J connectivity index is 2.01. The van der Waals surface area contributed by atoms with Crippen molar-refractivity contribution in [3.63, 3.8) is 0 Å². The number of nitrogens with zero attached hydrogens (tertiary/aromatic N) is 1. The first kappa shape index (κ1) is 12.3. The van der Waals surface area contributed by atoms with Gasteiger partial charge in [0.25, 0.3) is 0 Å². The molecule has 0 fully saturated rings. The minimum Gasteiger partial charge on any atom is -0.396 e. The van der Waals surface area contributed by atoms with E-state index in [0.29, 0.717) is 12.5 Å². The molecule has 0 radical (unpaired) electrons. The fraction of sp³-hybridized carbons (Fsp3) is 0.273. The SMILES string of the molecule is O=c1[nH]nc(NCC(CO)c2ccc(F)cc2)[nH]1. The lowest BCUT2D eigenvalue weighted by Gasteiger charge is -2.14. The third-order valence-electron chi connectivity index (χ3n) is 2.58. The maximum atomic E-state index is 12.8. The Morgan fingerprint density at radius 2 is 2.11 bits per heavy atom. The van der Waals surface area contributed by atoms with E-state index in [1.165, 1.54) is 12.1 Å². The molecule has 0 saturated carbocycles. The summed E-state index contributed by atoms with van der Waals surface area (Å²) in [5.74, 6) is -0.216. The molecule has 0 aliphatic carbocycles. The maximum Gasteiger partial charge on any atom is 0.342 e. The van der Waals surface area contributed by atoms with Gasteiger partial charge in [0.1, 0.15) is 5.82 Å². The first-order valence-electron chi connectivity index (χ1n) is 5.44. The number of H-pyrrole nitrogens is 2. The van der Waals surface area contributed by atoms with Crippen LogP contribution < -0.4 is 11.0 Å². The highest BCUT2D eigenvalue weighted by Crippen LogP contribution is 2.15. The first-order chi connectivity index (χ1) is 8.69. The molecule has 1 aromatic carbocycles. The molecule has 96 valence electrons. The van der Waals surface area contributed by atoms with E-state index >= 15 is 0 Å². The third-order valence-corrected chi connectivity index (χ3v) is 2.58. The Hall–Kier alpha value is -2.15. The molecule has 2 aromatic rings. The van der Waals surface area contributed by atoms with E-state index in [1.54, 1.807) is 12.1 Å². The van der Waals surface area contributed by atoms with Crippen LogP contribution in [-0.2, 0) is 0 Å². The maximum absolute atomic E-state index is 12.8. The summed E-state index contributed by atoms with van der Waals surface area (Å²) in [6.07, 6.45) is 0. The number of rotatable bonds is 5. The zero-order chi connectivity index (χ0) is 13.0. The number of aromatic amines is 2. The number of halogens is 1. The van der Waals surface area contributed by atoms with Crippen molar-refractivity contribution < 1.29 is 9.50 Å². The van der Waals surface area contributed by atoms with E-state index in [4.69, 9.17) is 0 Å². The van der Waals surface area contributed by atoms with Crippen LogP contribution in [0.5, 0.6) is 0 Å². The lowest BCUT2D eigenvalue weighted by Crippen LogP contribution is -2.17. The molecule has 4 N–H and O–H groups in total. The van der Waals surface area contributed by atoms with Crippen LogP contribution in [0.1, 0.15) is 11.5 Å². The normalized spacial score (nSPS) is 12.3. The van der Waals surface area contributed by atoms with Gasteiger partial charge in [-0.1, -0.05) is 12.1 Å². The molecular weight excluding hydrogens is 239 g/mol. The third kappa shape index (κ3) is 2.95. The van der Waals surface area contributed by atoms with E-state index in [-0.39, 0.29) is 18.3 Å². The molecule has 1 heterocycles. The van der Waals surface area contributed by atoms with Gasteiger partial charge in [-0.25, -0.2) is 14.3 Å². The largest absolute Gasteiger partial charge is 0.396 e. The van der Waals surface area contributed by atoms with Gasteiger partial charge in [0, 0.05) is 12.5 Å². The molecule has 1 aromatic heterocycles. The van der Waals surface area contributed by atoms with Gasteiger partial charge in [0.2, 0.25) is 5.95 Å². The minimum atomic E-state index is -0.403. The summed E-state index contributed by atoms with van der Waals surface area (Å²) in [6, 6.07) is 5.92. The van der Waals surface area contributed by atoms with Crippen molar-refractivity contribution in [3.05, 3.63) is 46.1 Å². The summed E-state index contributed by atoms with van der Waals surface area (Å²) in [6.45, 7) is 0.288. The average molecular weight is 252 g/mol. The topological polar surface area (TPSA) is 93.8 Å². The van der Waals surface area contributed by atoms with Crippen molar-refractivity contribution in [3.8, 4) is 0 Å². The van der Waals surface area contributed by atoms with E-state index < -0.39 is 5.69 Å². The highest BCUT2D eigenvalue weighted by Gasteiger charge is 2.11. The van der Waals surface area contributed by atoms with Gasteiger partial charge in [-0.3, -0.25) is 4.98 Å². The predicted molar refractivity (Wildman–Crippen MR) is 63.9 cm³/mol. The lowest BCUT2D eigenvalue weighted by molar-refractivity contribution is 0.269. The number of anilines is 1. The fourth-order valence-corrected chi connectivity index (χ4v) is 1.60. The van der Waals surface area contributed by atoms with Crippen LogP contribution in [-0.4, -0.2) is 33.4 Å². The second-order valence-corrected chi connectivity index (χ2v) is 3.84. The van der Waals surface area contributed by atoms with Gasteiger partial charge in [0.05, 0.1) is 6.61 Å². The molecule has 0 saturated heterocycles. The number of hydrogen-bond acceptors (Lipinski definition) is 4. The summed E-state index contributed by atoms with van der Waals surface area (Å²) < 4.78 is 12.8. The number of nitrogens with one attached hydrogen (secondary N) is 3. The Kier molecular flexibility index (Phi) is 3.73. The average Bonchev–Trinajstić information content (AvgIpc) is 2.78. The second kappa shape index (κ2) is 5.46. The predicted octanol–water partition coefficient (Wildman–Crippen LogP) is 0.425. The van der Waals surface area contributed by atoms with Gasteiger partial charge in [-0.2, -0.15) is 0 Å². The van der Waals surface area contributed by atoms with Crippen molar-refractivity contribution in [2.24, 2.45) is 0 Å². The number of aliphatic hydroxyl groups is 1. The Bertz CT molecular complexity index is 549. The van der Waals surface area contributed by atoms with E-state index in [1.807, 2.05) is 0 Å². The van der Waals surface area contributed by atoms with Crippen molar-refractivity contribution in [2.45, 2.75) is 5.92 Å². The van der Waals surface area contributed by atoms with Crippen LogP contribution in [0, 0.1) is 5.82 Å². The molecule has 1 unspecified atom stereocenters. The summed E-state index contributed by atoms with van der Waals surface area (Å²) in [4.78, 5) is 13.2. The van der Waals surface area contributed by atoms with Gasteiger partial charge >= 0.3 is 5.69 Å². The van der Waals surface area contributed by atoms with Gasteiger partial charge < -0.3 is 10.4 Å². The molecule has 0 amide bonds. The summed E-state index contributed by atoms with van der Waals surface area (Å²) in [5.41, 5.74) is 0.407. The second-order valence-electron chi connectivity index (χ2n) is 3.84. The number of hydrogen-bond donors (Lipinski definition) is 4. The fourth-order valence-electron chi connectivity index (χ4n) is 1.60. The van der Waals surface area contributed by atoms with E-state index in [2.05, 4.69) is 20.5 Å². The van der Waals surface area contributed by atoms with Crippen molar-refractivity contribution in [2.75, 3.05) is 18.5 Å². The Labute approximate surface area is 102 Å². The van der Waals surface area contributed by atoms with Crippen molar-refractivity contribution >= 4 is 5.95 Å². The molecule has 2 rings (SSSR count). The lowest BCUT2D eigenvalue weighted by atomic mass is 10.00. The molecule has 0 aliphatic heterocycles. The van der Waals surface area contributed by atoms with E-state index in [0.717, 1.165) is 5.56 Å². The monoisotopic (exact) mass is 252 g/mol. The molecule has 0 bridgehead atoms. The van der Waals surface area contributed by atoms with Crippen LogP contribution in [0.3, 0.4) is 0 Å². The summed E-state index contributed by atoms with van der Waals surface area (Å²) >= 11 is 0. The highest BCUT2D eigenvalue weighted by atomic mass is 19.1. The van der Waals surface area contributed by atoms with Crippen LogP contribution in [0.15, 0.2) is 29.1 Å². The minimum absolute atomic E-state index is 0.0900. The number of aliphatic hydroxyl groups excluding tert-OH is 1. The molecule has 0 spiro atoms. The quantitative estimate of drug-likeness (QED) is 0.620. The molecule has 1 atom stereocenters. The van der Waals surface area contributed by atoms with Crippen molar-refractivity contribution in [1.82, 2.24) is 15.2 Å². The number of benzene rings is 1. The Morgan fingerprint density at radius 1 is 1.39 bits per heavy atom. The van der Waals surface area contributed by atoms with Crippen LogP contribution in [0.4, 0.5) is 10.3 Å². The van der Waals surface area contributed by atoms with Crippen LogP contribution in [0.2, 0.25) is 0 Å². The molecule has 18 heavy (non-hydrogen) atoms. The molecular formula is C11H13FN4O2. The first-order valence-corrected chi connectivity index (χ1v) is 5.44. The van der Waals surface area contributed by atoms with Gasteiger partial charge in [-0.05, 0) is 17.7 Å². The summed E-state index contributed by atoms with van der Waals surface area (Å²) in [5, 5.41) is 18.1. The Morgan fingerprint density at radius 3 is 2.67 bits per heavy atom. The number of aromatic nitrogens is 3. The summed E-state index contributed by atoms with van der Waals surface area (Å²) in [7, 11) is 0. The zero-order valence-corrected chi connectivity index (χ0v) is 9.48. The zero-order valence-electron chi connectivity index (χ0n) is 9.48. The molecule has 0 aliphatic rings. The van der Waals surface area contributed by atoms with Crippen LogP contribution in [0.25, 0.3) is 0 Å². The molecule has 6 nitrogen and oxygen atoms in total. The van der Waals surface area contributed by atoms with Gasteiger partial charge in [-0.15, -0.1) is 5.10 Å². The van der Waals surface area contributed by atoms with Crippen LogP contribution >= 0.6 is 0 Å².